The van der Waals surface area contributed by atoms with E-state index in [2.05, 4.69) is 5.32 Å². The fourth-order valence-corrected chi connectivity index (χ4v) is 1.99. The Labute approximate surface area is 108 Å². The molecule has 1 fully saturated rings. The van der Waals surface area contributed by atoms with Gasteiger partial charge in [-0.15, -0.1) is 0 Å². The van der Waals surface area contributed by atoms with E-state index in [4.69, 9.17) is 15.2 Å². The Morgan fingerprint density at radius 1 is 1.47 bits per heavy atom. The molecular weight excluding hydrogens is 255 g/mol. The number of cyclic esters (lactones) is 1. The first-order valence-corrected chi connectivity index (χ1v) is 5.66. The van der Waals surface area contributed by atoms with Gasteiger partial charge in [0.05, 0.1) is 6.04 Å². The summed E-state index contributed by atoms with van der Waals surface area (Å²) in [6.07, 6.45) is -3.65. The second-order valence-corrected chi connectivity index (χ2v) is 4.18. The highest BCUT2D eigenvalue weighted by atomic mass is 19.1. The SMILES string of the molecule is CC1NC(=O)OC(c2ccccc2F)C1OC(N)=O. The van der Waals surface area contributed by atoms with E-state index in [-0.39, 0.29) is 5.56 Å². The van der Waals surface area contributed by atoms with E-state index in [1.807, 2.05) is 0 Å². The topological polar surface area (TPSA) is 90.7 Å². The van der Waals surface area contributed by atoms with Gasteiger partial charge in [0.15, 0.2) is 12.2 Å². The van der Waals surface area contributed by atoms with Gasteiger partial charge >= 0.3 is 12.2 Å². The van der Waals surface area contributed by atoms with Gasteiger partial charge in [0.25, 0.3) is 0 Å². The van der Waals surface area contributed by atoms with Gasteiger partial charge in [-0.1, -0.05) is 18.2 Å². The van der Waals surface area contributed by atoms with Gasteiger partial charge in [0.1, 0.15) is 5.82 Å². The zero-order valence-electron chi connectivity index (χ0n) is 10.1. The van der Waals surface area contributed by atoms with Crippen LogP contribution in [0.25, 0.3) is 0 Å². The average Bonchev–Trinajstić information content (AvgIpc) is 2.33. The molecule has 7 heteroatoms. The van der Waals surface area contributed by atoms with Crippen molar-refractivity contribution >= 4 is 12.2 Å². The minimum atomic E-state index is -1.03. The van der Waals surface area contributed by atoms with E-state index < -0.39 is 36.3 Å². The molecule has 1 aliphatic rings. The Balaban J connectivity index is 2.35. The minimum Gasteiger partial charge on any atom is -0.440 e. The van der Waals surface area contributed by atoms with Gasteiger partial charge in [0, 0.05) is 5.56 Å². The van der Waals surface area contributed by atoms with Crippen molar-refractivity contribution in [1.29, 1.82) is 0 Å². The highest BCUT2D eigenvalue weighted by Crippen LogP contribution is 2.30. The summed E-state index contributed by atoms with van der Waals surface area (Å²) in [6, 6.07) is 5.26. The Hall–Kier alpha value is -2.31. The van der Waals surface area contributed by atoms with E-state index in [1.165, 1.54) is 18.2 Å². The normalized spacial score (nSPS) is 26.2. The van der Waals surface area contributed by atoms with Crippen LogP contribution in [0.1, 0.15) is 18.6 Å². The highest BCUT2D eigenvalue weighted by molar-refractivity contribution is 5.70. The molecule has 0 radical (unpaired) electrons. The fraction of sp³-hybridized carbons (Fsp3) is 0.333. The first-order valence-electron chi connectivity index (χ1n) is 5.66. The molecule has 0 spiro atoms. The Morgan fingerprint density at radius 2 is 2.16 bits per heavy atom. The lowest BCUT2D eigenvalue weighted by Crippen LogP contribution is -2.53. The molecule has 0 aliphatic carbocycles. The largest absolute Gasteiger partial charge is 0.440 e. The molecule has 3 atom stereocenters. The van der Waals surface area contributed by atoms with Crippen molar-refractivity contribution in [3.63, 3.8) is 0 Å². The van der Waals surface area contributed by atoms with Crippen LogP contribution in [0.5, 0.6) is 0 Å². The number of alkyl carbamates (subject to hydrolysis) is 1. The van der Waals surface area contributed by atoms with E-state index in [9.17, 15) is 14.0 Å². The van der Waals surface area contributed by atoms with Gasteiger partial charge in [-0.2, -0.15) is 0 Å². The van der Waals surface area contributed by atoms with E-state index in [1.54, 1.807) is 13.0 Å². The van der Waals surface area contributed by atoms with Crippen molar-refractivity contribution in [2.24, 2.45) is 5.73 Å². The zero-order chi connectivity index (χ0) is 14.0. The van der Waals surface area contributed by atoms with Crippen LogP contribution in [-0.2, 0) is 9.47 Å². The molecule has 2 amide bonds. The average molecular weight is 268 g/mol. The Bertz CT molecular complexity index is 508. The molecular formula is C12H13FN2O4. The molecule has 0 aromatic heterocycles. The van der Waals surface area contributed by atoms with Gasteiger partial charge in [-0.25, -0.2) is 14.0 Å². The van der Waals surface area contributed by atoms with Crippen LogP contribution < -0.4 is 11.1 Å². The first-order chi connectivity index (χ1) is 8.99. The van der Waals surface area contributed by atoms with Gasteiger partial charge < -0.3 is 20.5 Å². The van der Waals surface area contributed by atoms with E-state index in [0.29, 0.717) is 0 Å². The summed E-state index contributed by atoms with van der Waals surface area (Å²) in [4.78, 5) is 22.3. The highest BCUT2D eigenvalue weighted by Gasteiger charge is 2.40. The number of amides is 2. The summed E-state index contributed by atoms with van der Waals surface area (Å²) in [5.74, 6) is -0.549. The molecule has 3 unspecified atom stereocenters. The molecule has 1 aromatic carbocycles. The predicted octanol–water partition coefficient (Wildman–Crippen LogP) is 1.46. The smallest absolute Gasteiger partial charge is 0.408 e. The summed E-state index contributed by atoms with van der Waals surface area (Å²) in [7, 11) is 0. The van der Waals surface area contributed by atoms with Crippen molar-refractivity contribution < 1.29 is 23.5 Å². The third-order valence-electron chi connectivity index (χ3n) is 2.83. The number of rotatable bonds is 2. The number of primary amides is 1. The van der Waals surface area contributed by atoms with Gasteiger partial charge in [0.2, 0.25) is 0 Å². The number of carbonyl (C=O) groups excluding carboxylic acids is 2. The second-order valence-electron chi connectivity index (χ2n) is 4.18. The van der Waals surface area contributed by atoms with Crippen LogP contribution in [0.2, 0.25) is 0 Å². The van der Waals surface area contributed by atoms with Gasteiger partial charge in [-0.3, -0.25) is 0 Å². The van der Waals surface area contributed by atoms with Crippen LogP contribution in [0.15, 0.2) is 24.3 Å². The molecule has 19 heavy (non-hydrogen) atoms. The van der Waals surface area contributed by atoms with E-state index >= 15 is 0 Å². The van der Waals surface area contributed by atoms with Crippen LogP contribution in [-0.4, -0.2) is 24.3 Å². The molecule has 6 nitrogen and oxygen atoms in total. The van der Waals surface area contributed by atoms with Crippen molar-refractivity contribution in [3.05, 3.63) is 35.6 Å². The summed E-state index contributed by atoms with van der Waals surface area (Å²) in [5.41, 5.74) is 5.11. The third-order valence-corrected chi connectivity index (χ3v) is 2.83. The molecule has 0 saturated carbocycles. The summed E-state index contributed by atoms with van der Waals surface area (Å²) in [5, 5.41) is 2.44. The molecule has 2 rings (SSSR count). The number of nitrogens with one attached hydrogen (secondary N) is 1. The molecule has 1 saturated heterocycles. The van der Waals surface area contributed by atoms with Crippen LogP contribution in [0, 0.1) is 5.82 Å². The predicted molar refractivity (Wildman–Crippen MR) is 62.7 cm³/mol. The third kappa shape index (κ3) is 2.75. The maximum atomic E-state index is 13.8. The standard InChI is InChI=1S/C12H13FN2O4/c1-6-9(18-11(14)16)10(19-12(17)15-6)7-4-2-3-5-8(7)13/h2-6,9-10H,1H3,(H2,14,16)(H,15,17). The molecule has 1 aromatic rings. The summed E-state index contributed by atoms with van der Waals surface area (Å²) < 4.78 is 23.7. The quantitative estimate of drug-likeness (QED) is 0.849. The number of hydrogen-bond donors (Lipinski definition) is 2. The fourth-order valence-electron chi connectivity index (χ4n) is 1.99. The molecule has 0 bridgehead atoms. The summed E-state index contributed by atoms with van der Waals surface area (Å²) in [6.45, 7) is 1.61. The number of nitrogens with two attached hydrogens (primary N) is 1. The maximum Gasteiger partial charge on any atom is 0.408 e. The van der Waals surface area contributed by atoms with Crippen molar-refractivity contribution in [3.8, 4) is 0 Å². The lowest BCUT2D eigenvalue weighted by atomic mass is 9.97. The van der Waals surface area contributed by atoms with Crippen molar-refractivity contribution in [2.75, 3.05) is 0 Å². The zero-order valence-corrected chi connectivity index (χ0v) is 10.1. The number of benzene rings is 1. The molecule has 102 valence electrons. The van der Waals surface area contributed by atoms with E-state index in [0.717, 1.165) is 0 Å². The molecule has 3 N–H and O–H groups in total. The molecule has 1 aliphatic heterocycles. The Kier molecular flexibility index (Phi) is 3.55. The van der Waals surface area contributed by atoms with Crippen LogP contribution in [0.3, 0.4) is 0 Å². The van der Waals surface area contributed by atoms with Gasteiger partial charge in [-0.05, 0) is 13.0 Å². The Morgan fingerprint density at radius 3 is 2.79 bits per heavy atom. The lowest BCUT2D eigenvalue weighted by Gasteiger charge is -2.35. The summed E-state index contributed by atoms with van der Waals surface area (Å²) >= 11 is 0. The number of ether oxygens (including phenoxy) is 2. The maximum absolute atomic E-state index is 13.8. The lowest BCUT2D eigenvalue weighted by molar-refractivity contribution is -0.0477. The second kappa shape index (κ2) is 5.13. The van der Waals surface area contributed by atoms with Crippen molar-refractivity contribution in [2.45, 2.75) is 25.2 Å². The van der Waals surface area contributed by atoms with Crippen molar-refractivity contribution in [1.82, 2.24) is 5.32 Å². The minimum absolute atomic E-state index is 0.135. The first kappa shape index (κ1) is 13.1. The number of hydrogen-bond acceptors (Lipinski definition) is 4. The van der Waals surface area contributed by atoms with Crippen LogP contribution >= 0.6 is 0 Å². The number of carbonyl (C=O) groups is 2. The van der Waals surface area contributed by atoms with Crippen LogP contribution in [0.4, 0.5) is 14.0 Å². The monoisotopic (exact) mass is 268 g/mol. The number of halogens is 1. The molecule has 1 heterocycles.